The number of hydrogen-bond acceptors (Lipinski definition) is 4. The van der Waals surface area contributed by atoms with Gasteiger partial charge in [0, 0.05) is 37.6 Å². The minimum atomic E-state index is -2.88. The summed E-state index contributed by atoms with van der Waals surface area (Å²) < 4.78 is 32.1. The molecule has 0 spiro atoms. The molecule has 1 aliphatic carbocycles. The van der Waals surface area contributed by atoms with E-state index in [0.717, 1.165) is 47.0 Å². The number of para-hydroxylation sites is 2. The first kappa shape index (κ1) is 27.8. The summed E-state index contributed by atoms with van der Waals surface area (Å²) >= 11 is 5.92. The second kappa shape index (κ2) is 11.5. The number of hydrogen-bond donors (Lipinski definition) is 1. The number of aryl methyl sites for hydroxylation is 1. The van der Waals surface area contributed by atoms with Crippen LogP contribution >= 0.6 is 11.6 Å². The zero-order valence-electron chi connectivity index (χ0n) is 22.9. The van der Waals surface area contributed by atoms with Gasteiger partial charge in [0.15, 0.2) is 0 Å². The Labute approximate surface area is 245 Å². The summed E-state index contributed by atoms with van der Waals surface area (Å²) in [5.41, 5.74) is 3.31. The van der Waals surface area contributed by atoms with Gasteiger partial charge in [-0.2, -0.15) is 5.10 Å². The molecule has 11 heteroatoms. The molecular weight excluding hydrogens is 562 g/mol. The summed E-state index contributed by atoms with van der Waals surface area (Å²) in [5, 5.41) is 7.50. The third-order valence-corrected chi connectivity index (χ3v) is 8.12. The molecule has 0 bridgehead atoms. The van der Waals surface area contributed by atoms with Crippen molar-refractivity contribution in [2.45, 2.75) is 44.7 Å². The largest absolute Gasteiger partial charge is 0.349 e. The lowest BCUT2D eigenvalue weighted by molar-refractivity contribution is 0.0904. The Balaban J connectivity index is 1.19. The van der Waals surface area contributed by atoms with Crippen molar-refractivity contribution in [3.05, 3.63) is 99.8 Å². The van der Waals surface area contributed by atoms with Crippen molar-refractivity contribution in [1.82, 2.24) is 29.2 Å². The van der Waals surface area contributed by atoms with Gasteiger partial charge in [0.25, 0.3) is 12.3 Å². The third-order valence-electron chi connectivity index (χ3n) is 7.91. The predicted molar refractivity (Wildman–Crippen MR) is 157 cm³/mol. The van der Waals surface area contributed by atoms with Crippen LogP contribution in [0.15, 0.2) is 77.9 Å². The molecule has 5 aromatic rings. The number of nitrogens with zero attached hydrogens (tertiary/aromatic N) is 5. The van der Waals surface area contributed by atoms with E-state index in [2.05, 4.69) is 15.4 Å². The van der Waals surface area contributed by atoms with E-state index in [4.69, 9.17) is 11.6 Å². The van der Waals surface area contributed by atoms with Crippen LogP contribution in [0.2, 0.25) is 5.02 Å². The molecule has 1 aliphatic rings. The molecule has 1 fully saturated rings. The topological polar surface area (TPSA) is 86.7 Å². The molecule has 3 heterocycles. The van der Waals surface area contributed by atoms with Crippen molar-refractivity contribution in [2.24, 2.45) is 13.0 Å². The zero-order valence-corrected chi connectivity index (χ0v) is 23.6. The highest BCUT2D eigenvalue weighted by atomic mass is 35.5. The Hall–Kier alpha value is -4.31. The number of aromatic nitrogens is 5. The molecule has 0 saturated heterocycles. The summed E-state index contributed by atoms with van der Waals surface area (Å²) in [6.45, 7) is 0.542. The van der Waals surface area contributed by atoms with Crippen molar-refractivity contribution in [1.29, 1.82) is 0 Å². The van der Waals surface area contributed by atoms with Crippen LogP contribution < -0.4 is 11.0 Å². The van der Waals surface area contributed by atoms with Crippen LogP contribution in [0.25, 0.3) is 28.0 Å². The van der Waals surface area contributed by atoms with E-state index < -0.39 is 18.0 Å². The van der Waals surface area contributed by atoms with Gasteiger partial charge in [0.05, 0.1) is 33.0 Å². The molecule has 3 aromatic heterocycles. The third kappa shape index (κ3) is 5.46. The summed E-state index contributed by atoms with van der Waals surface area (Å²) in [7, 11) is 1.87. The highest BCUT2D eigenvalue weighted by Gasteiger charge is 2.27. The number of carbonyl (C=O) groups is 1. The fourth-order valence-electron chi connectivity index (χ4n) is 5.82. The van der Waals surface area contributed by atoms with Crippen LogP contribution in [0.4, 0.5) is 8.78 Å². The van der Waals surface area contributed by atoms with Gasteiger partial charge in [-0.3, -0.25) is 23.6 Å². The smallest absolute Gasteiger partial charge is 0.333 e. The summed E-state index contributed by atoms with van der Waals surface area (Å²) in [4.78, 5) is 30.3. The van der Waals surface area contributed by atoms with Gasteiger partial charge < -0.3 is 5.32 Å². The van der Waals surface area contributed by atoms with Gasteiger partial charge in [-0.15, -0.1) is 0 Å². The molecular formula is C31H29ClF2N6O2. The molecule has 0 atom stereocenters. The first-order valence-corrected chi connectivity index (χ1v) is 14.2. The number of imidazole rings is 1. The number of rotatable bonds is 7. The summed E-state index contributed by atoms with van der Waals surface area (Å²) in [5.74, 6) is -0.379. The number of amides is 1. The number of nitrogens with one attached hydrogen (secondary N) is 1. The minimum Gasteiger partial charge on any atom is -0.349 e. The van der Waals surface area contributed by atoms with Gasteiger partial charge in [0.2, 0.25) is 0 Å². The Morgan fingerprint density at radius 2 is 1.81 bits per heavy atom. The van der Waals surface area contributed by atoms with Crippen molar-refractivity contribution >= 4 is 28.5 Å². The number of fused-ring (bicyclic) bond motifs is 1. The molecule has 0 radical (unpaired) electrons. The average Bonchev–Trinajstić information content (AvgIpc) is 3.54. The lowest BCUT2D eigenvalue weighted by atomic mass is 9.85. The molecule has 0 unspecified atom stereocenters. The Kier molecular flexibility index (Phi) is 7.64. The molecule has 6 rings (SSSR count). The van der Waals surface area contributed by atoms with Crippen LogP contribution in [0, 0.1) is 5.92 Å². The molecule has 1 saturated carbocycles. The van der Waals surface area contributed by atoms with E-state index in [9.17, 15) is 18.4 Å². The van der Waals surface area contributed by atoms with Gasteiger partial charge in [-0.05, 0) is 68.0 Å². The second-order valence-electron chi connectivity index (χ2n) is 10.7. The van der Waals surface area contributed by atoms with E-state index in [-0.39, 0.29) is 28.2 Å². The van der Waals surface area contributed by atoms with Gasteiger partial charge in [-0.1, -0.05) is 35.9 Å². The summed E-state index contributed by atoms with van der Waals surface area (Å²) in [6, 6.07) is 18.6. The normalized spacial score (nSPS) is 17.2. The molecule has 1 amide bonds. The molecule has 0 aliphatic heterocycles. The van der Waals surface area contributed by atoms with E-state index in [1.807, 2.05) is 72.4 Å². The number of pyridine rings is 1. The van der Waals surface area contributed by atoms with Crippen LogP contribution in [0.3, 0.4) is 0 Å². The standard InChI is InChI=1S/C31H29ClF2N6O2/c1-38-14-13-25(37-38)20-5-4-6-23(15-20)40-27-8-3-2-7-26(27)39(31(40)42)18-19-9-11-22(12-10-19)36-30(41)24-16-21(32)17-35-28(24)29(33)34/h2-8,13-17,19,22,29H,9-12,18H2,1H3,(H,36,41). The lowest BCUT2D eigenvalue weighted by Crippen LogP contribution is -2.39. The van der Waals surface area contributed by atoms with Crippen LogP contribution in [0.5, 0.6) is 0 Å². The van der Waals surface area contributed by atoms with Crippen molar-refractivity contribution in [3.8, 4) is 16.9 Å². The van der Waals surface area contributed by atoms with Gasteiger partial charge in [-0.25, -0.2) is 13.6 Å². The van der Waals surface area contributed by atoms with Crippen LogP contribution in [-0.4, -0.2) is 35.8 Å². The first-order chi connectivity index (χ1) is 20.3. The average molecular weight is 591 g/mol. The van der Waals surface area contributed by atoms with Crippen molar-refractivity contribution < 1.29 is 13.6 Å². The summed E-state index contributed by atoms with van der Waals surface area (Å²) in [6.07, 6.45) is 3.03. The van der Waals surface area contributed by atoms with E-state index in [0.29, 0.717) is 19.4 Å². The molecule has 2 aromatic carbocycles. The number of benzene rings is 2. The zero-order chi connectivity index (χ0) is 29.4. The molecule has 42 heavy (non-hydrogen) atoms. The van der Waals surface area contributed by atoms with Crippen molar-refractivity contribution in [3.63, 3.8) is 0 Å². The monoisotopic (exact) mass is 590 g/mol. The maximum atomic E-state index is 13.9. The maximum Gasteiger partial charge on any atom is 0.333 e. The Bertz CT molecular complexity index is 1820. The van der Waals surface area contributed by atoms with E-state index in [1.54, 1.807) is 9.25 Å². The van der Waals surface area contributed by atoms with Crippen LogP contribution in [0.1, 0.15) is 48.2 Å². The highest BCUT2D eigenvalue weighted by molar-refractivity contribution is 6.30. The fraction of sp³-hybridized carbons (Fsp3) is 0.290. The lowest BCUT2D eigenvalue weighted by Gasteiger charge is -2.29. The molecule has 8 nitrogen and oxygen atoms in total. The van der Waals surface area contributed by atoms with Gasteiger partial charge >= 0.3 is 5.69 Å². The SMILES string of the molecule is Cn1ccc(-c2cccc(-n3c(=O)n(CC4CCC(NC(=O)c5cc(Cl)cnc5C(F)F)CC4)c4ccccc43)c2)n1. The first-order valence-electron chi connectivity index (χ1n) is 13.8. The quantitative estimate of drug-likeness (QED) is 0.246. The predicted octanol–water partition coefficient (Wildman–Crippen LogP) is 6.17. The molecule has 1 N–H and O–H groups in total. The second-order valence-corrected chi connectivity index (χ2v) is 11.2. The maximum absolute atomic E-state index is 13.9. The number of alkyl halides is 2. The Morgan fingerprint density at radius 3 is 2.52 bits per heavy atom. The van der Waals surface area contributed by atoms with Gasteiger partial charge in [0.1, 0.15) is 5.69 Å². The van der Waals surface area contributed by atoms with Crippen LogP contribution in [-0.2, 0) is 13.6 Å². The minimum absolute atomic E-state index is 0.113. The fourth-order valence-corrected chi connectivity index (χ4v) is 5.98. The van der Waals surface area contributed by atoms with E-state index in [1.165, 1.54) is 6.07 Å². The highest BCUT2D eigenvalue weighted by Crippen LogP contribution is 2.29. The molecule has 216 valence electrons. The number of carbonyl (C=O) groups excluding carboxylic acids is 1. The Morgan fingerprint density at radius 1 is 1.05 bits per heavy atom. The van der Waals surface area contributed by atoms with E-state index >= 15 is 0 Å². The van der Waals surface area contributed by atoms with Crippen molar-refractivity contribution in [2.75, 3.05) is 0 Å². The number of halogens is 3.